The van der Waals surface area contributed by atoms with Gasteiger partial charge in [-0.25, -0.2) is 9.97 Å². The summed E-state index contributed by atoms with van der Waals surface area (Å²) in [6.45, 7) is 0.513. The smallest absolute Gasteiger partial charge is 0.189 e. The molecule has 0 aliphatic heterocycles. The van der Waals surface area contributed by atoms with Crippen molar-refractivity contribution in [3.05, 3.63) is 46.6 Å². The van der Waals surface area contributed by atoms with Gasteiger partial charge < -0.3 is 5.32 Å². The van der Waals surface area contributed by atoms with Crippen molar-refractivity contribution in [3.63, 3.8) is 0 Å². The second-order valence-electron chi connectivity index (χ2n) is 3.68. The maximum absolute atomic E-state index is 9.03. The molecule has 1 aromatic heterocycles. The van der Waals surface area contributed by atoms with Crippen LogP contribution in [0.5, 0.6) is 0 Å². The number of nitrogens with zero attached hydrogens (tertiary/aromatic N) is 3. The quantitative estimate of drug-likeness (QED) is 0.691. The maximum atomic E-state index is 9.03. The van der Waals surface area contributed by atoms with Crippen LogP contribution in [0.4, 0.5) is 5.82 Å². The Labute approximate surface area is 120 Å². The van der Waals surface area contributed by atoms with E-state index < -0.39 is 0 Å². The lowest BCUT2D eigenvalue weighted by atomic mass is 10.2. The lowest BCUT2D eigenvalue weighted by Crippen LogP contribution is -2.05. The Morgan fingerprint density at radius 3 is 2.89 bits per heavy atom. The molecule has 0 saturated heterocycles. The first kappa shape index (κ1) is 13.7. The molecule has 0 aliphatic rings. The van der Waals surface area contributed by atoms with E-state index in [1.807, 2.05) is 30.5 Å². The van der Waals surface area contributed by atoms with Gasteiger partial charge in [-0.2, -0.15) is 5.26 Å². The van der Waals surface area contributed by atoms with Crippen LogP contribution in [0.3, 0.4) is 0 Å². The van der Waals surface area contributed by atoms with Crippen LogP contribution in [0, 0.1) is 11.3 Å². The van der Waals surface area contributed by atoms with E-state index in [0.717, 1.165) is 5.56 Å². The van der Waals surface area contributed by atoms with Crippen molar-refractivity contribution in [3.8, 4) is 6.07 Å². The van der Waals surface area contributed by atoms with E-state index in [1.54, 1.807) is 0 Å². The second-order valence-corrected chi connectivity index (χ2v) is 4.86. The fourth-order valence-electron chi connectivity index (χ4n) is 1.50. The van der Waals surface area contributed by atoms with Crippen molar-refractivity contribution in [1.29, 1.82) is 5.26 Å². The zero-order valence-corrected chi connectivity index (χ0v) is 11.8. The first-order valence-electron chi connectivity index (χ1n) is 5.53. The molecule has 0 spiro atoms. The Balaban J connectivity index is 2.19. The highest BCUT2D eigenvalue weighted by atomic mass is 35.5. The summed E-state index contributed by atoms with van der Waals surface area (Å²) in [6, 6.07) is 9.62. The highest BCUT2D eigenvalue weighted by Crippen LogP contribution is 2.19. The maximum Gasteiger partial charge on any atom is 0.189 e. The standard InChI is InChI=1S/C13H11ClN4S/c1-19-13-17-8-10(6-15)12(18-13)16-7-9-4-2-3-5-11(9)14/h2-5,8H,7H2,1H3,(H,16,17,18). The minimum absolute atomic E-state index is 0.421. The van der Waals surface area contributed by atoms with Gasteiger partial charge in [0.25, 0.3) is 0 Å². The molecule has 0 atom stereocenters. The Bertz CT molecular complexity index is 624. The SMILES string of the molecule is CSc1ncc(C#N)c(NCc2ccccc2Cl)n1. The third-order valence-electron chi connectivity index (χ3n) is 2.47. The van der Waals surface area contributed by atoms with Crippen molar-refractivity contribution in [2.45, 2.75) is 11.7 Å². The number of benzene rings is 1. The number of aromatic nitrogens is 2. The van der Waals surface area contributed by atoms with Crippen LogP contribution in [0.15, 0.2) is 35.6 Å². The van der Waals surface area contributed by atoms with Crippen molar-refractivity contribution >= 4 is 29.2 Å². The Morgan fingerprint density at radius 2 is 2.21 bits per heavy atom. The molecule has 1 heterocycles. The predicted octanol–water partition coefficient (Wildman–Crippen LogP) is 3.34. The molecule has 96 valence electrons. The van der Waals surface area contributed by atoms with E-state index in [2.05, 4.69) is 21.4 Å². The Hall–Kier alpha value is -1.77. The molecule has 0 unspecified atom stereocenters. The van der Waals surface area contributed by atoms with E-state index in [4.69, 9.17) is 16.9 Å². The molecule has 0 aliphatic carbocycles. The summed E-state index contributed by atoms with van der Waals surface area (Å²) in [4.78, 5) is 8.35. The van der Waals surface area contributed by atoms with Crippen LogP contribution in [0.2, 0.25) is 5.02 Å². The van der Waals surface area contributed by atoms with Gasteiger partial charge in [0.1, 0.15) is 17.5 Å². The van der Waals surface area contributed by atoms with Gasteiger partial charge in [0, 0.05) is 11.6 Å². The fraction of sp³-hybridized carbons (Fsp3) is 0.154. The van der Waals surface area contributed by atoms with Crippen LogP contribution >= 0.6 is 23.4 Å². The van der Waals surface area contributed by atoms with Crippen LogP contribution in [-0.4, -0.2) is 16.2 Å². The Kier molecular flexibility index (Phi) is 4.61. The molecule has 0 amide bonds. The minimum atomic E-state index is 0.421. The largest absolute Gasteiger partial charge is 0.365 e. The lowest BCUT2D eigenvalue weighted by Gasteiger charge is -2.09. The number of nitriles is 1. The van der Waals surface area contributed by atoms with Crippen LogP contribution in [-0.2, 0) is 6.54 Å². The predicted molar refractivity (Wildman–Crippen MR) is 77.3 cm³/mol. The first-order valence-corrected chi connectivity index (χ1v) is 7.13. The highest BCUT2D eigenvalue weighted by Gasteiger charge is 2.07. The van der Waals surface area contributed by atoms with E-state index in [9.17, 15) is 0 Å². The third kappa shape index (κ3) is 3.37. The molecule has 0 fully saturated rings. The fourth-order valence-corrected chi connectivity index (χ4v) is 2.04. The van der Waals surface area contributed by atoms with Gasteiger partial charge in [-0.15, -0.1) is 0 Å². The second kappa shape index (κ2) is 6.41. The number of anilines is 1. The normalized spacial score (nSPS) is 9.95. The zero-order valence-electron chi connectivity index (χ0n) is 10.2. The molecule has 0 saturated carbocycles. The summed E-state index contributed by atoms with van der Waals surface area (Å²) >= 11 is 7.51. The van der Waals surface area contributed by atoms with Gasteiger partial charge in [-0.05, 0) is 17.9 Å². The molecular formula is C13H11ClN4S. The number of hydrogen-bond acceptors (Lipinski definition) is 5. The molecule has 0 bridgehead atoms. The molecule has 4 nitrogen and oxygen atoms in total. The average Bonchev–Trinajstić information content (AvgIpc) is 2.46. The monoisotopic (exact) mass is 290 g/mol. The van der Waals surface area contributed by atoms with Crippen LogP contribution < -0.4 is 5.32 Å². The summed E-state index contributed by atoms with van der Waals surface area (Å²) < 4.78 is 0. The lowest BCUT2D eigenvalue weighted by molar-refractivity contribution is 0.949. The van der Waals surface area contributed by atoms with Crippen molar-refractivity contribution in [1.82, 2.24) is 9.97 Å². The third-order valence-corrected chi connectivity index (χ3v) is 3.40. The molecule has 1 N–H and O–H groups in total. The molecule has 2 aromatic rings. The Morgan fingerprint density at radius 1 is 1.42 bits per heavy atom. The number of rotatable bonds is 4. The van der Waals surface area contributed by atoms with Crippen molar-refractivity contribution < 1.29 is 0 Å². The van der Waals surface area contributed by atoms with Gasteiger partial charge in [0.15, 0.2) is 5.16 Å². The summed E-state index contributed by atoms with van der Waals surface area (Å²) in [5.41, 5.74) is 1.38. The highest BCUT2D eigenvalue weighted by molar-refractivity contribution is 7.98. The van der Waals surface area contributed by atoms with Crippen molar-refractivity contribution in [2.24, 2.45) is 0 Å². The van der Waals surface area contributed by atoms with Gasteiger partial charge in [0.2, 0.25) is 0 Å². The van der Waals surface area contributed by atoms with Gasteiger partial charge >= 0.3 is 0 Å². The van der Waals surface area contributed by atoms with Crippen LogP contribution in [0.1, 0.15) is 11.1 Å². The molecule has 2 rings (SSSR count). The number of hydrogen-bond donors (Lipinski definition) is 1. The summed E-state index contributed by atoms with van der Waals surface area (Å²) in [7, 11) is 0. The summed E-state index contributed by atoms with van der Waals surface area (Å²) in [5.74, 6) is 0.529. The van der Waals surface area contributed by atoms with Gasteiger partial charge in [-0.3, -0.25) is 0 Å². The van der Waals surface area contributed by atoms with Crippen molar-refractivity contribution in [2.75, 3.05) is 11.6 Å². The number of thioether (sulfide) groups is 1. The molecule has 0 radical (unpaired) electrons. The van der Waals surface area contributed by atoms with Crippen LogP contribution in [0.25, 0.3) is 0 Å². The van der Waals surface area contributed by atoms with E-state index in [1.165, 1.54) is 18.0 Å². The minimum Gasteiger partial charge on any atom is -0.365 e. The molecule has 1 aromatic carbocycles. The van der Waals surface area contributed by atoms with E-state index in [-0.39, 0.29) is 0 Å². The summed E-state index contributed by atoms with van der Waals surface area (Å²) in [5, 5.41) is 13.5. The number of halogens is 1. The number of nitrogens with one attached hydrogen (secondary N) is 1. The zero-order chi connectivity index (χ0) is 13.7. The van der Waals surface area contributed by atoms with E-state index in [0.29, 0.717) is 28.1 Å². The average molecular weight is 291 g/mol. The molecule has 6 heteroatoms. The molecular weight excluding hydrogens is 280 g/mol. The first-order chi connectivity index (χ1) is 9.24. The van der Waals surface area contributed by atoms with E-state index >= 15 is 0 Å². The van der Waals surface area contributed by atoms with Gasteiger partial charge in [0.05, 0.1) is 6.20 Å². The molecule has 19 heavy (non-hydrogen) atoms. The summed E-state index contributed by atoms with van der Waals surface area (Å²) in [6.07, 6.45) is 3.41. The van der Waals surface area contributed by atoms with Gasteiger partial charge in [-0.1, -0.05) is 41.6 Å². The topological polar surface area (TPSA) is 61.6 Å².